The molecule has 5 aromatic rings. The molecule has 0 radical (unpaired) electrons. The van der Waals surface area contributed by atoms with Gasteiger partial charge >= 0.3 is 11.9 Å². The van der Waals surface area contributed by atoms with Crippen molar-refractivity contribution in [2.24, 2.45) is 10.8 Å². The number of hydrogen-bond donors (Lipinski definition) is 3. The number of halogens is 3. The van der Waals surface area contributed by atoms with Crippen LogP contribution in [0.5, 0.6) is 11.5 Å². The molecule has 15 heteroatoms. The third kappa shape index (κ3) is 17.8. The van der Waals surface area contributed by atoms with Crippen LogP contribution in [0.2, 0.25) is 10.0 Å². The van der Waals surface area contributed by atoms with E-state index in [1.165, 1.54) is 25.9 Å². The topological polar surface area (TPSA) is 134 Å². The molecule has 4 aliphatic rings. The van der Waals surface area contributed by atoms with E-state index < -0.39 is 22.4 Å². The maximum absolute atomic E-state index is 12.6. The number of aromatic nitrogens is 1. The number of nitrogens with one attached hydrogen (secondary N) is 3. The number of carbonyl (C=O) groups is 3. The van der Waals surface area contributed by atoms with Gasteiger partial charge in [-0.2, -0.15) is 0 Å². The first kappa shape index (κ1) is 58.3. The summed E-state index contributed by atoms with van der Waals surface area (Å²) in [5.74, 6) is 0.552. The number of aromatic amines is 1. The molecule has 0 atom stereocenters. The third-order valence-electron chi connectivity index (χ3n) is 12.9. The summed E-state index contributed by atoms with van der Waals surface area (Å²) in [5.41, 5.74) is 4.52. The molecule has 4 aromatic carbocycles. The van der Waals surface area contributed by atoms with Crippen molar-refractivity contribution in [1.29, 1.82) is 0 Å². The summed E-state index contributed by atoms with van der Waals surface area (Å²) in [5, 5.41) is 6.31. The number of carbonyl (C=O) groups excluding carboxylic acids is 3. The van der Waals surface area contributed by atoms with Gasteiger partial charge in [0.1, 0.15) is 28.4 Å². The van der Waals surface area contributed by atoms with E-state index in [0.717, 1.165) is 46.6 Å². The fourth-order valence-corrected chi connectivity index (χ4v) is 8.76. The van der Waals surface area contributed by atoms with Gasteiger partial charge in [-0.15, -0.1) is 0 Å². The van der Waals surface area contributed by atoms with E-state index in [1.807, 2.05) is 126 Å². The molecule has 2 saturated carbocycles. The zero-order valence-electron chi connectivity index (χ0n) is 44.8. The molecule has 9 rings (SSSR count). The van der Waals surface area contributed by atoms with Crippen molar-refractivity contribution in [2.45, 2.75) is 143 Å². The highest BCUT2D eigenvalue weighted by molar-refractivity contribution is 14.1. The van der Waals surface area contributed by atoms with Crippen molar-refractivity contribution in [3.05, 3.63) is 135 Å². The number of ether oxygens (including phenoxy) is 4. The highest BCUT2D eigenvalue weighted by atomic mass is 127. The fraction of sp³-hybridized carbons (Fsp3) is 0.475. The molecule has 3 heterocycles. The van der Waals surface area contributed by atoms with Crippen LogP contribution in [0.3, 0.4) is 0 Å². The molecule has 400 valence electrons. The number of H-pyrrole nitrogens is 1. The number of hydrazine groups is 1. The summed E-state index contributed by atoms with van der Waals surface area (Å²) in [7, 11) is 0. The summed E-state index contributed by atoms with van der Waals surface area (Å²) in [4.78, 5) is 42.3. The van der Waals surface area contributed by atoms with Gasteiger partial charge in [0.25, 0.3) is 5.91 Å². The number of benzene rings is 4. The average molecular weight is 1170 g/mol. The molecule has 0 spiro atoms. The standard InChI is InChI=1S/C21H30ClNO3.C17H15N3O.C14H16ClIO3.C7H15N/c1-19(2,3)26-18(24)21(8-9-21)25-17-14-15(22)6-7-16(17)23-12-10-20(4,5)11-13-23;21-17(16-12-7-13-18-16)19-20(14-8-3-1-4-9-14)15-10-5-2-6-11-15;1-13(2,3)19-12(17)14(6-7-14)18-11-8-9(15)4-5-10(11)16;1-7(2)3-5-8-6-4-7/h6-7,14H,8-13H2,1-5H3;1-13,18H,(H,19,21);4-5,8H,6-7H2,1-3H3;8H,3-6H2,1-2H3. The van der Waals surface area contributed by atoms with Crippen LogP contribution in [0.4, 0.5) is 17.1 Å². The van der Waals surface area contributed by atoms with Gasteiger partial charge in [0, 0.05) is 61.1 Å². The van der Waals surface area contributed by atoms with Crippen LogP contribution in [0.1, 0.15) is 131 Å². The lowest BCUT2D eigenvalue weighted by Crippen LogP contribution is -2.39. The Kier molecular flexibility index (Phi) is 19.5. The second kappa shape index (κ2) is 24.8. The Morgan fingerprint density at radius 1 is 0.608 bits per heavy atom. The van der Waals surface area contributed by atoms with E-state index in [4.69, 9.17) is 42.1 Å². The molecular formula is C59H76Cl2IN5O7. The van der Waals surface area contributed by atoms with Crippen molar-refractivity contribution in [2.75, 3.05) is 36.1 Å². The molecule has 2 aliphatic heterocycles. The minimum atomic E-state index is -0.859. The smallest absolute Gasteiger partial charge is 0.351 e. The van der Waals surface area contributed by atoms with Gasteiger partial charge in [-0.3, -0.25) is 15.2 Å². The van der Waals surface area contributed by atoms with Crippen molar-refractivity contribution < 1.29 is 33.3 Å². The third-order valence-corrected chi connectivity index (χ3v) is 14.2. The monoisotopic (exact) mass is 1160 g/mol. The van der Waals surface area contributed by atoms with Crippen LogP contribution in [-0.2, 0) is 19.1 Å². The lowest BCUT2D eigenvalue weighted by molar-refractivity contribution is -0.166. The zero-order valence-corrected chi connectivity index (χ0v) is 48.5. The highest BCUT2D eigenvalue weighted by Gasteiger charge is 2.57. The molecule has 1 amide bonds. The van der Waals surface area contributed by atoms with Gasteiger partial charge in [-0.05, 0) is 180 Å². The predicted octanol–water partition coefficient (Wildman–Crippen LogP) is 14.3. The Balaban J connectivity index is 0.000000170. The molecule has 0 bridgehead atoms. The first-order valence-corrected chi connectivity index (χ1v) is 27.5. The molecule has 2 saturated heterocycles. The number of hydrogen-bond acceptors (Lipinski definition) is 10. The average Bonchev–Trinajstić information content (AvgIpc) is 4.24. The number of nitrogens with zero attached hydrogens (tertiary/aromatic N) is 2. The van der Waals surface area contributed by atoms with Crippen LogP contribution in [0, 0.1) is 14.4 Å². The van der Waals surface area contributed by atoms with Gasteiger partial charge in [-0.1, -0.05) is 87.3 Å². The minimum Gasteiger partial charge on any atom is -0.474 e. The van der Waals surface area contributed by atoms with Gasteiger partial charge in [-0.25, -0.2) is 9.59 Å². The van der Waals surface area contributed by atoms with E-state index in [1.54, 1.807) is 35.5 Å². The van der Waals surface area contributed by atoms with Crippen LogP contribution in [0.25, 0.3) is 0 Å². The maximum atomic E-state index is 12.6. The van der Waals surface area contributed by atoms with Gasteiger partial charge < -0.3 is 34.1 Å². The van der Waals surface area contributed by atoms with E-state index in [9.17, 15) is 14.4 Å². The number of anilines is 3. The lowest BCUT2D eigenvalue weighted by atomic mass is 9.82. The normalized spacial score (nSPS) is 17.7. The SMILES string of the molecule is CC(C)(C)OC(=O)C1(Oc2cc(Cl)ccc2I)CC1.CC1(C)CCN(c2ccc(Cl)cc2OC2(C(=O)OC(C)(C)C)CC2)CC1.CC1(C)CCNCC1.O=C(NN(c1ccccc1)c1ccccc1)c1ccc[nH]1. The van der Waals surface area contributed by atoms with E-state index in [0.29, 0.717) is 63.8 Å². The molecule has 3 N–H and O–H groups in total. The van der Waals surface area contributed by atoms with Crippen LogP contribution >= 0.6 is 45.8 Å². The molecule has 1 aromatic heterocycles. The zero-order chi connectivity index (χ0) is 54.0. The minimum absolute atomic E-state index is 0.187. The predicted molar refractivity (Wildman–Crippen MR) is 307 cm³/mol. The summed E-state index contributed by atoms with van der Waals surface area (Å²) in [6.45, 7) is 24.9. The molecule has 74 heavy (non-hydrogen) atoms. The lowest BCUT2D eigenvalue weighted by Gasteiger charge is -2.39. The number of para-hydroxylation sites is 2. The van der Waals surface area contributed by atoms with Gasteiger partial charge in [0.15, 0.2) is 0 Å². The van der Waals surface area contributed by atoms with Gasteiger partial charge in [0.05, 0.1) is 20.6 Å². The molecule has 4 fully saturated rings. The van der Waals surface area contributed by atoms with Crippen LogP contribution < -0.4 is 30.1 Å². The summed E-state index contributed by atoms with van der Waals surface area (Å²) < 4.78 is 24.0. The Hall–Kier alpha value is -4.96. The van der Waals surface area contributed by atoms with Crippen LogP contribution in [-0.4, -0.2) is 71.4 Å². The fourth-order valence-electron chi connectivity index (χ4n) is 7.99. The number of amides is 1. The van der Waals surface area contributed by atoms with E-state index in [-0.39, 0.29) is 17.8 Å². The Morgan fingerprint density at radius 2 is 1.07 bits per heavy atom. The second-order valence-corrected chi connectivity index (χ2v) is 25.0. The van der Waals surface area contributed by atoms with Crippen LogP contribution in [0.15, 0.2) is 115 Å². The maximum Gasteiger partial charge on any atom is 0.351 e. The molecule has 12 nitrogen and oxygen atoms in total. The van der Waals surface area contributed by atoms with Crippen molar-refractivity contribution in [3.63, 3.8) is 0 Å². The first-order chi connectivity index (χ1) is 34.8. The number of esters is 2. The highest BCUT2D eigenvalue weighted by Crippen LogP contribution is 2.47. The largest absolute Gasteiger partial charge is 0.474 e. The van der Waals surface area contributed by atoms with Crippen molar-refractivity contribution in [3.8, 4) is 11.5 Å². The van der Waals surface area contributed by atoms with Crippen molar-refractivity contribution in [1.82, 2.24) is 15.7 Å². The molecule has 2 aliphatic carbocycles. The van der Waals surface area contributed by atoms with E-state index >= 15 is 0 Å². The Bertz CT molecular complexity index is 2570. The first-order valence-electron chi connectivity index (χ1n) is 25.7. The quantitative estimate of drug-likeness (QED) is 0.0667. The van der Waals surface area contributed by atoms with Crippen molar-refractivity contribution >= 4 is 80.7 Å². The van der Waals surface area contributed by atoms with Gasteiger partial charge in [0.2, 0.25) is 11.2 Å². The Morgan fingerprint density at radius 3 is 1.50 bits per heavy atom. The van der Waals surface area contributed by atoms with E-state index in [2.05, 4.69) is 70.9 Å². The Labute approximate surface area is 463 Å². The summed E-state index contributed by atoms with van der Waals surface area (Å²) >= 11 is 14.3. The number of rotatable bonds is 11. The molecule has 0 unspecified atom stereocenters. The summed E-state index contributed by atoms with van der Waals surface area (Å²) in [6, 6.07) is 34.1. The number of piperidine rings is 2. The second-order valence-electron chi connectivity index (χ2n) is 23.0. The summed E-state index contributed by atoms with van der Waals surface area (Å²) in [6.07, 6.45) is 9.40. The molecular weight excluding hydrogens is 1090 g/mol.